The predicted molar refractivity (Wildman–Crippen MR) is 95.5 cm³/mol. The molecule has 5 nitrogen and oxygen atoms in total. The molecule has 1 amide bonds. The molecule has 1 fully saturated rings. The summed E-state index contributed by atoms with van der Waals surface area (Å²) in [6.07, 6.45) is -0.401. The van der Waals surface area contributed by atoms with Crippen molar-refractivity contribution in [3.63, 3.8) is 0 Å². The number of phenols is 1. The number of morpholine rings is 1. The van der Waals surface area contributed by atoms with Gasteiger partial charge in [0.05, 0.1) is 27.4 Å². The first-order valence-electron chi connectivity index (χ1n) is 6.49. The summed E-state index contributed by atoms with van der Waals surface area (Å²) in [5.74, 6) is -0.232. The van der Waals surface area contributed by atoms with Crippen molar-refractivity contribution >= 4 is 51.1 Å². The van der Waals surface area contributed by atoms with E-state index in [2.05, 4.69) is 22.6 Å². The van der Waals surface area contributed by atoms with Crippen molar-refractivity contribution in [1.82, 2.24) is 4.90 Å². The van der Waals surface area contributed by atoms with Crippen LogP contribution in [-0.2, 0) is 4.74 Å². The highest BCUT2D eigenvalue weighted by molar-refractivity contribution is 14.1. The Hall–Kier alpha value is -0.130. The van der Waals surface area contributed by atoms with Crippen LogP contribution >= 0.6 is 45.2 Å². The number of benzene rings is 1. The maximum atomic E-state index is 12.7. The molecular formula is C14H17I2NO4. The normalized spacial score (nSPS) is 21.4. The molecule has 1 saturated heterocycles. The summed E-state index contributed by atoms with van der Waals surface area (Å²) < 4.78 is 7.25. The van der Waals surface area contributed by atoms with Gasteiger partial charge in [0.2, 0.25) is 0 Å². The third-order valence-electron chi connectivity index (χ3n) is 3.23. The summed E-state index contributed by atoms with van der Waals surface area (Å²) in [6, 6.07) is 3.49. The molecule has 0 aromatic heterocycles. The number of carbonyl (C=O) groups excluding carboxylic acids is 1. The van der Waals surface area contributed by atoms with E-state index in [9.17, 15) is 15.0 Å². The summed E-state index contributed by atoms with van der Waals surface area (Å²) in [4.78, 5) is 14.3. The Balaban J connectivity index is 2.31. The number of hydrogen-bond donors (Lipinski definition) is 2. The highest BCUT2D eigenvalue weighted by atomic mass is 127. The number of aliphatic hydroxyl groups excluding tert-OH is 1. The lowest BCUT2D eigenvalue weighted by molar-refractivity contribution is -0.139. The Kier molecular flexibility index (Phi) is 5.37. The molecule has 0 spiro atoms. The quantitative estimate of drug-likeness (QED) is 0.591. The highest BCUT2D eigenvalue weighted by Crippen LogP contribution is 2.30. The number of aromatic hydroxyl groups is 1. The molecule has 1 heterocycles. The standard InChI is InChI=1S/C14H17I2NO4/c1-14(2)7-17(5-9(6-18)21-14)13(20)10-3-8(15)4-11(16)12(10)19/h3-4,9,18-19H,5-7H2,1-2H3. The molecule has 7 heteroatoms. The molecule has 0 radical (unpaired) electrons. The van der Waals surface area contributed by atoms with Crippen LogP contribution in [0.4, 0.5) is 0 Å². The lowest BCUT2D eigenvalue weighted by Crippen LogP contribution is -2.55. The van der Waals surface area contributed by atoms with Crippen molar-refractivity contribution < 1.29 is 19.7 Å². The molecule has 1 atom stereocenters. The Bertz CT molecular complexity index is 562. The average molecular weight is 517 g/mol. The van der Waals surface area contributed by atoms with E-state index >= 15 is 0 Å². The first-order valence-corrected chi connectivity index (χ1v) is 8.65. The van der Waals surface area contributed by atoms with Crippen LogP contribution < -0.4 is 0 Å². The van der Waals surface area contributed by atoms with Crippen molar-refractivity contribution in [2.45, 2.75) is 25.6 Å². The van der Waals surface area contributed by atoms with Gasteiger partial charge in [-0.05, 0) is 71.2 Å². The largest absolute Gasteiger partial charge is 0.506 e. The smallest absolute Gasteiger partial charge is 0.257 e. The number of hydrogen-bond acceptors (Lipinski definition) is 4. The first-order chi connectivity index (χ1) is 9.73. The minimum Gasteiger partial charge on any atom is -0.506 e. The molecule has 1 aromatic rings. The van der Waals surface area contributed by atoms with Crippen LogP contribution in [0.15, 0.2) is 12.1 Å². The fraction of sp³-hybridized carbons (Fsp3) is 0.500. The van der Waals surface area contributed by atoms with Gasteiger partial charge in [0, 0.05) is 16.7 Å². The second kappa shape index (κ2) is 6.55. The molecule has 1 aliphatic rings. The van der Waals surface area contributed by atoms with Gasteiger partial charge in [-0.2, -0.15) is 0 Å². The van der Waals surface area contributed by atoms with E-state index in [1.807, 2.05) is 42.5 Å². The molecule has 1 aromatic carbocycles. The van der Waals surface area contributed by atoms with Crippen molar-refractivity contribution in [2.75, 3.05) is 19.7 Å². The van der Waals surface area contributed by atoms with Crippen molar-refractivity contribution in [3.05, 3.63) is 24.8 Å². The lowest BCUT2D eigenvalue weighted by Gasteiger charge is -2.42. The third-order valence-corrected chi connectivity index (χ3v) is 4.68. The van der Waals surface area contributed by atoms with Crippen LogP contribution in [0.1, 0.15) is 24.2 Å². The highest BCUT2D eigenvalue weighted by Gasteiger charge is 2.36. The zero-order valence-corrected chi connectivity index (χ0v) is 16.1. The average Bonchev–Trinajstić information content (AvgIpc) is 2.40. The first kappa shape index (κ1) is 17.2. The summed E-state index contributed by atoms with van der Waals surface area (Å²) in [6.45, 7) is 4.37. The number of nitrogens with zero attached hydrogens (tertiary/aromatic N) is 1. The second-order valence-electron chi connectivity index (χ2n) is 5.65. The number of carbonyl (C=O) groups is 1. The maximum Gasteiger partial charge on any atom is 0.257 e. The van der Waals surface area contributed by atoms with Gasteiger partial charge in [0.15, 0.2) is 0 Å². The van der Waals surface area contributed by atoms with E-state index in [-0.39, 0.29) is 18.3 Å². The molecule has 0 saturated carbocycles. The van der Waals surface area contributed by atoms with Crippen molar-refractivity contribution in [3.8, 4) is 5.75 Å². The molecule has 1 unspecified atom stereocenters. The van der Waals surface area contributed by atoms with Crippen LogP contribution in [-0.4, -0.2) is 52.4 Å². The van der Waals surface area contributed by atoms with Crippen LogP contribution in [0.3, 0.4) is 0 Å². The van der Waals surface area contributed by atoms with E-state index in [4.69, 9.17) is 4.74 Å². The summed E-state index contributed by atoms with van der Waals surface area (Å²) in [7, 11) is 0. The molecule has 116 valence electrons. The number of halogens is 2. The summed E-state index contributed by atoms with van der Waals surface area (Å²) in [5, 5.41) is 19.5. The number of rotatable bonds is 2. The zero-order valence-electron chi connectivity index (χ0n) is 11.8. The Morgan fingerprint density at radius 3 is 2.76 bits per heavy atom. The Morgan fingerprint density at radius 1 is 1.48 bits per heavy atom. The molecule has 2 N–H and O–H groups in total. The van der Waals surface area contributed by atoms with Gasteiger partial charge in [0.1, 0.15) is 5.75 Å². The van der Waals surface area contributed by atoms with Gasteiger partial charge in [-0.1, -0.05) is 0 Å². The Morgan fingerprint density at radius 2 is 2.14 bits per heavy atom. The molecular weight excluding hydrogens is 500 g/mol. The van der Waals surface area contributed by atoms with E-state index in [0.717, 1.165) is 3.57 Å². The minimum atomic E-state index is -0.522. The van der Waals surface area contributed by atoms with E-state index in [0.29, 0.717) is 22.2 Å². The van der Waals surface area contributed by atoms with Gasteiger partial charge >= 0.3 is 0 Å². The number of aliphatic hydroxyl groups is 1. The van der Waals surface area contributed by atoms with Crippen molar-refractivity contribution in [2.24, 2.45) is 0 Å². The van der Waals surface area contributed by atoms with Gasteiger partial charge in [-0.3, -0.25) is 4.79 Å². The van der Waals surface area contributed by atoms with Gasteiger partial charge in [0.25, 0.3) is 5.91 Å². The maximum absolute atomic E-state index is 12.7. The fourth-order valence-electron chi connectivity index (χ4n) is 2.44. The second-order valence-corrected chi connectivity index (χ2v) is 8.06. The van der Waals surface area contributed by atoms with Crippen molar-refractivity contribution in [1.29, 1.82) is 0 Å². The lowest BCUT2D eigenvalue weighted by atomic mass is 10.0. The monoisotopic (exact) mass is 517 g/mol. The number of amides is 1. The topological polar surface area (TPSA) is 70.0 Å². The zero-order chi connectivity index (χ0) is 15.8. The van der Waals surface area contributed by atoms with Crippen LogP contribution in [0, 0.1) is 7.14 Å². The molecule has 0 bridgehead atoms. The molecule has 1 aliphatic heterocycles. The molecule has 21 heavy (non-hydrogen) atoms. The summed E-state index contributed by atoms with van der Waals surface area (Å²) >= 11 is 4.13. The Labute approximate surface area is 150 Å². The SMILES string of the molecule is CC1(C)CN(C(=O)c2cc(I)cc(I)c2O)CC(CO)O1. The van der Waals surface area contributed by atoms with E-state index in [1.54, 1.807) is 11.0 Å². The predicted octanol–water partition coefficient (Wildman–Crippen LogP) is 2.21. The van der Waals surface area contributed by atoms with Gasteiger partial charge in [-0.15, -0.1) is 0 Å². The van der Waals surface area contributed by atoms with E-state index < -0.39 is 11.7 Å². The summed E-state index contributed by atoms with van der Waals surface area (Å²) in [5.41, 5.74) is -0.230. The van der Waals surface area contributed by atoms with Gasteiger partial charge in [-0.25, -0.2) is 0 Å². The molecule has 2 rings (SSSR count). The van der Waals surface area contributed by atoms with E-state index in [1.165, 1.54) is 0 Å². The molecule has 0 aliphatic carbocycles. The fourth-order valence-corrected chi connectivity index (χ4v) is 4.29. The van der Waals surface area contributed by atoms with Crippen LogP contribution in [0.5, 0.6) is 5.75 Å². The minimum absolute atomic E-state index is 0.00543. The number of phenolic OH excluding ortho intramolecular Hbond substituents is 1. The van der Waals surface area contributed by atoms with Crippen LogP contribution in [0.25, 0.3) is 0 Å². The van der Waals surface area contributed by atoms with Gasteiger partial charge < -0.3 is 19.8 Å². The van der Waals surface area contributed by atoms with Crippen LogP contribution in [0.2, 0.25) is 0 Å². The number of ether oxygens (including phenoxy) is 1. The third kappa shape index (κ3) is 3.99.